The lowest BCUT2D eigenvalue weighted by Gasteiger charge is -2.34. The molecule has 1 saturated heterocycles. The number of benzene rings is 1. The maximum Gasteiger partial charge on any atom is 0.410 e. The zero-order chi connectivity index (χ0) is 20.0. The average molecular weight is 376 g/mol. The molecule has 0 spiro atoms. The molecule has 6 heteroatoms. The van der Waals surface area contributed by atoms with E-state index in [1.807, 2.05) is 62.9 Å². The molecule has 2 N–H and O–H groups in total. The number of rotatable bonds is 7. The van der Waals surface area contributed by atoms with Gasteiger partial charge in [0.2, 0.25) is 5.91 Å². The van der Waals surface area contributed by atoms with Crippen LogP contribution in [0.15, 0.2) is 30.3 Å². The Morgan fingerprint density at radius 1 is 1.22 bits per heavy atom. The first-order valence-electron chi connectivity index (χ1n) is 9.84. The van der Waals surface area contributed by atoms with Crippen LogP contribution in [0.3, 0.4) is 0 Å². The predicted octanol–water partition coefficient (Wildman–Crippen LogP) is 3.01. The van der Waals surface area contributed by atoms with E-state index in [-0.39, 0.29) is 36.6 Å². The van der Waals surface area contributed by atoms with E-state index in [0.29, 0.717) is 13.1 Å². The molecule has 0 radical (unpaired) electrons. The predicted molar refractivity (Wildman–Crippen MR) is 106 cm³/mol. The number of ether oxygens (including phenoxy) is 1. The van der Waals surface area contributed by atoms with Gasteiger partial charge in [0, 0.05) is 25.2 Å². The molecule has 1 aromatic carbocycles. The molecular weight excluding hydrogens is 342 g/mol. The summed E-state index contributed by atoms with van der Waals surface area (Å²) >= 11 is 0. The molecule has 1 fully saturated rings. The molecule has 0 saturated carbocycles. The Labute approximate surface area is 162 Å². The quantitative estimate of drug-likeness (QED) is 0.795. The molecule has 1 aliphatic rings. The fraction of sp³-hybridized carbons (Fsp3) is 0.619. The Morgan fingerprint density at radius 2 is 1.89 bits per heavy atom. The van der Waals surface area contributed by atoms with Crippen LogP contribution in [0.1, 0.15) is 46.1 Å². The molecule has 2 rings (SSSR count). The smallest absolute Gasteiger partial charge is 0.410 e. The Hall–Kier alpha value is -2.08. The van der Waals surface area contributed by atoms with E-state index in [4.69, 9.17) is 10.5 Å². The third-order valence-electron chi connectivity index (χ3n) is 5.13. The Balaban J connectivity index is 1.99. The molecule has 150 valence electrons. The highest BCUT2D eigenvalue weighted by Gasteiger charge is 2.35. The fourth-order valence-corrected chi connectivity index (χ4v) is 3.32. The third-order valence-corrected chi connectivity index (χ3v) is 5.13. The fourth-order valence-electron chi connectivity index (χ4n) is 3.32. The first kappa shape index (κ1) is 21.2. The van der Waals surface area contributed by atoms with Crippen molar-refractivity contribution in [2.24, 2.45) is 11.7 Å². The monoisotopic (exact) mass is 375 g/mol. The van der Waals surface area contributed by atoms with Crippen LogP contribution >= 0.6 is 0 Å². The normalized spacial score (nSPS) is 18.0. The number of likely N-dealkylation sites (tertiary alicyclic amines) is 1. The van der Waals surface area contributed by atoms with Crippen LogP contribution in [0.5, 0.6) is 0 Å². The van der Waals surface area contributed by atoms with Gasteiger partial charge in [-0.3, -0.25) is 4.79 Å². The third kappa shape index (κ3) is 5.70. The highest BCUT2D eigenvalue weighted by atomic mass is 16.6. The Bertz CT molecular complexity index is 618. The summed E-state index contributed by atoms with van der Waals surface area (Å²) in [4.78, 5) is 28.9. The zero-order valence-electron chi connectivity index (χ0n) is 16.9. The molecule has 0 aliphatic carbocycles. The van der Waals surface area contributed by atoms with Gasteiger partial charge in [-0.15, -0.1) is 0 Å². The van der Waals surface area contributed by atoms with Crippen molar-refractivity contribution >= 4 is 12.0 Å². The van der Waals surface area contributed by atoms with Crippen LogP contribution in [0, 0.1) is 5.92 Å². The van der Waals surface area contributed by atoms with Gasteiger partial charge in [0.25, 0.3) is 0 Å². The molecule has 1 unspecified atom stereocenters. The van der Waals surface area contributed by atoms with Crippen molar-refractivity contribution in [2.45, 2.75) is 65.3 Å². The van der Waals surface area contributed by atoms with E-state index < -0.39 is 6.04 Å². The van der Waals surface area contributed by atoms with Crippen molar-refractivity contribution in [3.8, 4) is 0 Å². The zero-order valence-corrected chi connectivity index (χ0v) is 16.9. The topological polar surface area (TPSA) is 75.9 Å². The summed E-state index contributed by atoms with van der Waals surface area (Å²) in [6.45, 7) is 9.25. The number of carbonyl (C=O) groups is 2. The van der Waals surface area contributed by atoms with Gasteiger partial charge in [0.05, 0.1) is 6.04 Å². The standard InChI is InChI=1S/C21H33N3O3/c1-15(2)19(22)20(25)23-12-8-11-18(23)13-24(16(3)4)21(26)27-14-17-9-6-5-7-10-17/h5-7,9-10,15-16,18-19H,8,11-14,22H2,1-4H3/t18?,19-/m0/s1. The van der Waals surface area contributed by atoms with E-state index >= 15 is 0 Å². The number of amides is 2. The van der Waals surface area contributed by atoms with Crippen LogP contribution in [-0.4, -0.2) is 53.0 Å². The van der Waals surface area contributed by atoms with Gasteiger partial charge >= 0.3 is 6.09 Å². The van der Waals surface area contributed by atoms with Gasteiger partial charge in [-0.2, -0.15) is 0 Å². The van der Waals surface area contributed by atoms with Crippen molar-refractivity contribution in [3.05, 3.63) is 35.9 Å². The average Bonchev–Trinajstić information content (AvgIpc) is 3.11. The molecule has 0 aromatic heterocycles. The summed E-state index contributed by atoms with van der Waals surface area (Å²) in [5, 5.41) is 0. The lowest BCUT2D eigenvalue weighted by Crippen LogP contribution is -2.52. The molecule has 6 nitrogen and oxygen atoms in total. The lowest BCUT2D eigenvalue weighted by molar-refractivity contribution is -0.134. The summed E-state index contributed by atoms with van der Waals surface area (Å²) in [5.74, 6) is 0.0737. The van der Waals surface area contributed by atoms with E-state index in [2.05, 4.69) is 0 Å². The Morgan fingerprint density at radius 3 is 2.48 bits per heavy atom. The summed E-state index contributed by atoms with van der Waals surface area (Å²) in [5.41, 5.74) is 7.02. The molecule has 1 aromatic rings. The summed E-state index contributed by atoms with van der Waals surface area (Å²) < 4.78 is 5.50. The summed E-state index contributed by atoms with van der Waals surface area (Å²) in [6, 6.07) is 9.11. The number of carbonyl (C=O) groups excluding carboxylic acids is 2. The van der Waals surface area contributed by atoms with E-state index in [1.54, 1.807) is 4.90 Å². The summed E-state index contributed by atoms with van der Waals surface area (Å²) in [6.07, 6.45) is 1.47. The highest BCUT2D eigenvalue weighted by Crippen LogP contribution is 2.22. The van der Waals surface area contributed by atoms with Gasteiger partial charge in [0.15, 0.2) is 0 Å². The molecule has 27 heavy (non-hydrogen) atoms. The van der Waals surface area contributed by atoms with Gasteiger partial charge in [-0.1, -0.05) is 44.2 Å². The first-order chi connectivity index (χ1) is 12.8. The molecule has 2 atom stereocenters. The highest BCUT2D eigenvalue weighted by molar-refractivity contribution is 5.82. The second-order valence-electron chi connectivity index (χ2n) is 7.88. The number of nitrogens with zero attached hydrogens (tertiary/aromatic N) is 2. The van der Waals surface area contributed by atoms with Gasteiger partial charge in [0.1, 0.15) is 6.61 Å². The number of hydrogen-bond donors (Lipinski definition) is 1. The van der Waals surface area contributed by atoms with Gasteiger partial charge < -0.3 is 20.3 Å². The SMILES string of the molecule is CC(C)[C@H](N)C(=O)N1CCCC1CN(C(=O)OCc1ccccc1)C(C)C. The van der Waals surface area contributed by atoms with Crippen LogP contribution in [0.2, 0.25) is 0 Å². The second-order valence-corrected chi connectivity index (χ2v) is 7.88. The van der Waals surface area contributed by atoms with Gasteiger partial charge in [-0.05, 0) is 38.2 Å². The first-order valence-corrected chi connectivity index (χ1v) is 9.84. The van der Waals surface area contributed by atoms with Crippen LogP contribution in [-0.2, 0) is 16.1 Å². The summed E-state index contributed by atoms with van der Waals surface area (Å²) in [7, 11) is 0. The minimum atomic E-state index is -0.497. The maximum absolute atomic E-state index is 12.7. The second kappa shape index (κ2) is 9.74. The van der Waals surface area contributed by atoms with Crippen molar-refractivity contribution in [2.75, 3.05) is 13.1 Å². The largest absolute Gasteiger partial charge is 0.445 e. The molecule has 1 aliphatic heterocycles. The maximum atomic E-state index is 12.7. The number of nitrogens with two attached hydrogens (primary N) is 1. The lowest BCUT2D eigenvalue weighted by atomic mass is 10.0. The molecule has 2 amide bonds. The van der Waals surface area contributed by atoms with Crippen LogP contribution in [0.25, 0.3) is 0 Å². The molecule has 1 heterocycles. The Kier molecular flexibility index (Phi) is 7.66. The van der Waals surface area contributed by atoms with Crippen molar-refractivity contribution in [3.63, 3.8) is 0 Å². The van der Waals surface area contributed by atoms with Gasteiger partial charge in [-0.25, -0.2) is 4.79 Å². The minimum Gasteiger partial charge on any atom is -0.445 e. The number of hydrogen-bond acceptors (Lipinski definition) is 4. The molecular formula is C21H33N3O3. The van der Waals surface area contributed by atoms with E-state index in [1.165, 1.54) is 0 Å². The van der Waals surface area contributed by atoms with Crippen LogP contribution in [0.4, 0.5) is 4.79 Å². The van der Waals surface area contributed by atoms with Crippen molar-refractivity contribution in [1.29, 1.82) is 0 Å². The minimum absolute atomic E-state index is 0.00558. The van der Waals surface area contributed by atoms with E-state index in [9.17, 15) is 9.59 Å². The molecule has 0 bridgehead atoms. The van der Waals surface area contributed by atoms with E-state index in [0.717, 1.165) is 18.4 Å². The van der Waals surface area contributed by atoms with Crippen molar-refractivity contribution in [1.82, 2.24) is 9.80 Å². The van der Waals surface area contributed by atoms with Crippen LogP contribution < -0.4 is 5.73 Å². The van der Waals surface area contributed by atoms with Crippen molar-refractivity contribution < 1.29 is 14.3 Å².